The van der Waals surface area contributed by atoms with Crippen molar-refractivity contribution >= 4 is 44.8 Å². The molecule has 0 saturated carbocycles. The molecule has 11 heteroatoms. The van der Waals surface area contributed by atoms with Crippen molar-refractivity contribution in [3.05, 3.63) is 53.7 Å². The first-order chi connectivity index (χ1) is 13.5. The largest absolute Gasteiger partial charge is 0.454 e. The molecule has 1 aromatic carbocycles. The predicted octanol–water partition coefficient (Wildman–Crippen LogP) is 5.53. The molecule has 150 valence electrons. The van der Waals surface area contributed by atoms with Crippen LogP contribution in [0.5, 0.6) is 11.5 Å². The number of pyridine rings is 1. The van der Waals surface area contributed by atoms with Crippen LogP contribution in [0, 0.1) is 0 Å². The molecule has 1 aliphatic heterocycles. The second kappa shape index (κ2) is 7.23. The summed E-state index contributed by atoms with van der Waals surface area (Å²) in [5, 5.41) is 5.11. The smallest absolute Gasteiger partial charge is 0.435 e. The van der Waals surface area contributed by atoms with Gasteiger partial charge < -0.3 is 14.8 Å². The Kier molecular flexibility index (Phi) is 4.87. The fourth-order valence-corrected chi connectivity index (χ4v) is 3.69. The van der Waals surface area contributed by atoms with Crippen LogP contribution >= 0.6 is 28.3 Å². The minimum absolute atomic E-state index is 0. The highest BCUT2D eigenvalue weighted by Gasteiger charge is 2.39. The van der Waals surface area contributed by atoms with E-state index in [9.17, 15) is 13.2 Å². The number of aromatic nitrogens is 3. The standard InChI is InChI=1S/C18H11F3N4O2S.BrH/c19-18(20,21)16-15(25-6-2-1-3-14(25)24-16)11-8-28-17(23-11)22-10-4-5-12-13(7-10)27-9-26-12;/h1-8H,9H2,(H,22,23);1H. The Hall–Kier alpha value is -2.79. The Labute approximate surface area is 176 Å². The van der Waals surface area contributed by atoms with Crippen molar-refractivity contribution < 1.29 is 22.6 Å². The molecule has 0 spiro atoms. The quantitative estimate of drug-likeness (QED) is 0.414. The summed E-state index contributed by atoms with van der Waals surface area (Å²) in [4.78, 5) is 8.09. The van der Waals surface area contributed by atoms with E-state index in [2.05, 4.69) is 15.3 Å². The minimum atomic E-state index is -4.59. The van der Waals surface area contributed by atoms with Gasteiger partial charge in [0.25, 0.3) is 0 Å². The third-order valence-corrected chi connectivity index (χ3v) is 4.93. The molecule has 1 aliphatic rings. The number of hydrogen-bond acceptors (Lipinski definition) is 6. The number of anilines is 2. The molecular weight excluding hydrogens is 473 g/mol. The van der Waals surface area contributed by atoms with Gasteiger partial charge in [-0.05, 0) is 24.3 Å². The van der Waals surface area contributed by atoms with E-state index in [-0.39, 0.29) is 40.8 Å². The summed E-state index contributed by atoms with van der Waals surface area (Å²) < 4.78 is 52.5. The number of imidazole rings is 1. The van der Waals surface area contributed by atoms with E-state index in [4.69, 9.17) is 9.47 Å². The molecular formula is C18H12BrF3N4O2S. The van der Waals surface area contributed by atoms with E-state index in [1.807, 2.05) is 0 Å². The normalized spacial score (nSPS) is 12.8. The molecule has 6 nitrogen and oxygen atoms in total. The van der Waals surface area contributed by atoms with Gasteiger partial charge in [0.1, 0.15) is 17.0 Å². The van der Waals surface area contributed by atoms with E-state index in [1.54, 1.807) is 35.7 Å². The van der Waals surface area contributed by atoms with Crippen LogP contribution in [0.4, 0.5) is 24.0 Å². The van der Waals surface area contributed by atoms with Gasteiger partial charge in [0.2, 0.25) is 6.79 Å². The topological polar surface area (TPSA) is 60.7 Å². The van der Waals surface area contributed by atoms with Gasteiger partial charge in [0, 0.05) is 23.3 Å². The third kappa shape index (κ3) is 3.51. The van der Waals surface area contributed by atoms with Crippen LogP contribution in [0.1, 0.15) is 5.69 Å². The molecule has 0 unspecified atom stereocenters. The number of nitrogens with zero attached hydrogens (tertiary/aromatic N) is 3. The second-order valence-electron chi connectivity index (χ2n) is 5.97. The van der Waals surface area contributed by atoms with Gasteiger partial charge in [0.05, 0.1) is 0 Å². The lowest BCUT2D eigenvalue weighted by molar-refractivity contribution is -0.140. The Balaban J connectivity index is 0.00000205. The highest BCUT2D eigenvalue weighted by Crippen LogP contribution is 2.39. The van der Waals surface area contributed by atoms with Gasteiger partial charge in [0.15, 0.2) is 22.3 Å². The van der Waals surface area contributed by atoms with Gasteiger partial charge in [-0.15, -0.1) is 28.3 Å². The first-order valence-corrected chi connectivity index (χ1v) is 9.04. The predicted molar refractivity (Wildman–Crippen MR) is 107 cm³/mol. The molecule has 5 rings (SSSR count). The van der Waals surface area contributed by atoms with Crippen molar-refractivity contribution in [2.45, 2.75) is 6.18 Å². The van der Waals surface area contributed by atoms with Crippen LogP contribution in [0.2, 0.25) is 0 Å². The van der Waals surface area contributed by atoms with Crippen molar-refractivity contribution in [1.29, 1.82) is 0 Å². The fourth-order valence-electron chi connectivity index (χ4n) is 2.98. The van der Waals surface area contributed by atoms with Crippen molar-refractivity contribution in [3.8, 4) is 22.9 Å². The molecule has 0 radical (unpaired) electrons. The molecule has 0 aliphatic carbocycles. The summed E-state index contributed by atoms with van der Waals surface area (Å²) in [6.07, 6.45) is -3.05. The molecule has 0 atom stereocenters. The number of ether oxygens (including phenoxy) is 2. The highest BCUT2D eigenvalue weighted by atomic mass is 79.9. The average Bonchev–Trinajstić information content (AvgIpc) is 3.38. The number of nitrogens with one attached hydrogen (secondary N) is 1. The molecule has 3 aromatic heterocycles. The van der Waals surface area contributed by atoms with Crippen molar-refractivity contribution in [3.63, 3.8) is 0 Å². The summed E-state index contributed by atoms with van der Waals surface area (Å²) >= 11 is 1.20. The number of fused-ring (bicyclic) bond motifs is 2. The number of alkyl halides is 3. The van der Waals surface area contributed by atoms with E-state index in [0.717, 1.165) is 0 Å². The van der Waals surface area contributed by atoms with E-state index in [1.165, 1.54) is 28.0 Å². The maximum atomic E-state index is 13.5. The maximum Gasteiger partial charge on any atom is 0.435 e. The van der Waals surface area contributed by atoms with E-state index in [0.29, 0.717) is 22.3 Å². The summed E-state index contributed by atoms with van der Waals surface area (Å²) in [5.41, 5.74) is 0.0541. The lowest BCUT2D eigenvalue weighted by atomic mass is 10.2. The number of benzene rings is 1. The van der Waals surface area contributed by atoms with E-state index < -0.39 is 11.9 Å². The van der Waals surface area contributed by atoms with Gasteiger partial charge in [-0.25, -0.2) is 9.97 Å². The Morgan fingerprint density at radius 1 is 1.07 bits per heavy atom. The first-order valence-electron chi connectivity index (χ1n) is 8.16. The van der Waals surface area contributed by atoms with Crippen LogP contribution in [-0.4, -0.2) is 21.2 Å². The van der Waals surface area contributed by atoms with Crippen LogP contribution in [0.25, 0.3) is 17.0 Å². The Morgan fingerprint density at radius 3 is 2.72 bits per heavy atom. The Bertz CT molecular complexity index is 1190. The van der Waals surface area contributed by atoms with E-state index >= 15 is 0 Å². The first kappa shape index (κ1) is 19.5. The number of rotatable bonds is 3. The molecule has 0 fully saturated rings. The van der Waals surface area contributed by atoms with Gasteiger partial charge in [-0.2, -0.15) is 13.2 Å². The molecule has 4 aromatic rings. The monoisotopic (exact) mass is 484 g/mol. The van der Waals surface area contributed by atoms with Gasteiger partial charge in [-0.3, -0.25) is 4.40 Å². The van der Waals surface area contributed by atoms with Gasteiger partial charge in [-0.1, -0.05) is 6.07 Å². The minimum Gasteiger partial charge on any atom is -0.454 e. The van der Waals surface area contributed by atoms with Crippen molar-refractivity contribution in [2.75, 3.05) is 12.1 Å². The molecule has 4 heterocycles. The number of thiazole rings is 1. The zero-order valence-electron chi connectivity index (χ0n) is 14.4. The zero-order chi connectivity index (χ0) is 19.3. The van der Waals surface area contributed by atoms with Crippen LogP contribution < -0.4 is 14.8 Å². The SMILES string of the molecule is Br.FC(F)(F)c1nc2ccccn2c1-c1csc(Nc2ccc3c(c2)OCO3)n1. The van der Waals surface area contributed by atoms with Crippen LogP contribution in [-0.2, 0) is 6.18 Å². The summed E-state index contributed by atoms with van der Waals surface area (Å²) in [7, 11) is 0. The van der Waals surface area contributed by atoms with Crippen molar-refractivity contribution in [2.24, 2.45) is 0 Å². The highest BCUT2D eigenvalue weighted by molar-refractivity contribution is 8.93. The fraction of sp³-hybridized carbons (Fsp3) is 0.111. The molecule has 29 heavy (non-hydrogen) atoms. The molecule has 0 saturated heterocycles. The lowest BCUT2D eigenvalue weighted by Gasteiger charge is -2.06. The average molecular weight is 485 g/mol. The van der Waals surface area contributed by atoms with Crippen LogP contribution in [0.3, 0.4) is 0 Å². The maximum absolute atomic E-state index is 13.5. The molecule has 0 bridgehead atoms. The molecule has 1 N–H and O–H groups in total. The van der Waals surface area contributed by atoms with Gasteiger partial charge >= 0.3 is 6.18 Å². The zero-order valence-corrected chi connectivity index (χ0v) is 17.0. The van der Waals surface area contributed by atoms with Crippen molar-refractivity contribution in [1.82, 2.24) is 14.4 Å². The summed E-state index contributed by atoms with van der Waals surface area (Å²) in [6.45, 7) is 0.161. The molecule has 0 amide bonds. The number of halogens is 4. The summed E-state index contributed by atoms with van der Waals surface area (Å²) in [6, 6.07) is 10.1. The summed E-state index contributed by atoms with van der Waals surface area (Å²) in [5.74, 6) is 1.24. The number of hydrogen-bond donors (Lipinski definition) is 1. The van der Waals surface area contributed by atoms with Crippen LogP contribution in [0.15, 0.2) is 48.0 Å². The Morgan fingerprint density at radius 2 is 1.90 bits per heavy atom. The third-order valence-electron chi connectivity index (χ3n) is 4.17. The second-order valence-corrected chi connectivity index (χ2v) is 6.82. The lowest BCUT2D eigenvalue weighted by Crippen LogP contribution is -2.08.